The van der Waals surface area contributed by atoms with E-state index in [1.54, 1.807) is 21.5 Å². The maximum absolute atomic E-state index is 14.5. The number of amides is 3. The predicted octanol–water partition coefficient (Wildman–Crippen LogP) is 0.803. The summed E-state index contributed by atoms with van der Waals surface area (Å²) >= 11 is 0. The summed E-state index contributed by atoms with van der Waals surface area (Å²) in [6.07, 6.45) is 7.39. The largest absolute Gasteiger partial charge is 0.394 e. The van der Waals surface area contributed by atoms with E-state index in [2.05, 4.69) is 10.3 Å². The fourth-order valence-corrected chi connectivity index (χ4v) is 6.92. The van der Waals surface area contributed by atoms with Crippen molar-refractivity contribution in [2.75, 3.05) is 26.7 Å². The van der Waals surface area contributed by atoms with Gasteiger partial charge in [0.1, 0.15) is 23.8 Å². The van der Waals surface area contributed by atoms with Gasteiger partial charge in [-0.3, -0.25) is 14.4 Å². The average molecular weight is 535 g/mol. The summed E-state index contributed by atoms with van der Waals surface area (Å²) in [5, 5.41) is 18.9. The van der Waals surface area contributed by atoms with Gasteiger partial charge in [-0.2, -0.15) is 0 Å². The van der Waals surface area contributed by atoms with Crippen molar-refractivity contribution in [2.45, 2.75) is 50.7 Å². The normalized spacial score (nSPS) is 33.0. The van der Waals surface area contributed by atoms with Crippen LogP contribution in [0, 0.1) is 17.8 Å². The number of aliphatic hydroxyl groups excluding tert-OH is 1. The molecule has 4 aliphatic heterocycles. The first-order chi connectivity index (χ1) is 18.6. The number of para-hydroxylation sites is 1. The summed E-state index contributed by atoms with van der Waals surface area (Å²) in [4.78, 5) is 47.3. The number of hydrogen-bond donors (Lipinski definition) is 1. The molecule has 206 valence electrons. The molecule has 6 atom stereocenters. The number of fused-ring (bicyclic) bond motifs is 3. The van der Waals surface area contributed by atoms with Gasteiger partial charge in [-0.05, 0) is 25.0 Å². The summed E-state index contributed by atoms with van der Waals surface area (Å²) in [5.41, 5.74) is -0.938. The minimum atomic E-state index is -1.37. The Labute approximate surface area is 226 Å². The van der Waals surface area contributed by atoms with Crippen LogP contribution in [-0.4, -0.2) is 103 Å². The van der Waals surface area contributed by atoms with Gasteiger partial charge in [0.25, 0.3) is 5.91 Å². The second kappa shape index (κ2) is 8.99. The zero-order chi connectivity index (χ0) is 27.7. The third kappa shape index (κ3) is 3.59. The highest BCUT2D eigenvalue weighted by Crippen LogP contribution is 2.58. The lowest BCUT2D eigenvalue weighted by molar-refractivity contribution is -0.157. The Bertz CT molecular complexity index is 1400. The maximum Gasteiger partial charge on any atom is 0.250 e. The number of hydrogen-bond acceptors (Lipinski definition) is 7. The molecule has 2 fully saturated rings. The van der Waals surface area contributed by atoms with Crippen molar-refractivity contribution < 1.29 is 24.2 Å². The smallest absolute Gasteiger partial charge is 0.250 e. The van der Waals surface area contributed by atoms with Crippen molar-refractivity contribution >= 4 is 28.8 Å². The van der Waals surface area contributed by atoms with E-state index in [0.717, 1.165) is 5.52 Å². The number of rotatable bonds is 5. The molecule has 6 rings (SSSR count). The highest BCUT2D eigenvalue weighted by atomic mass is 16.5. The van der Waals surface area contributed by atoms with E-state index >= 15 is 0 Å². The minimum Gasteiger partial charge on any atom is -0.394 e. The molecule has 0 saturated carbocycles. The molecule has 2 saturated heterocycles. The van der Waals surface area contributed by atoms with Crippen molar-refractivity contribution in [3.8, 4) is 0 Å². The first-order valence-corrected chi connectivity index (χ1v) is 13.4. The molecule has 1 aromatic carbocycles. The van der Waals surface area contributed by atoms with E-state index in [1.165, 1.54) is 4.90 Å². The number of ether oxygens (including phenoxy) is 1. The van der Waals surface area contributed by atoms with Crippen LogP contribution in [0.1, 0.15) is 20.8 Å². The molecule has 2 aromatic rings. The molecule has 1 N–H and O–H groups in total. The van der Waals surface area contributed by atoms with E-state index in [9.17, 15) is 19.5 Å². The van der Waals surface area contributed by atoms with Crippen LogP contribution in [0.4, 0.5) is 0 Å². The Morgan fingerprint density at radius 3 is 2.54 bits per heavy atom. The van der Waals surface area contributed by atoms with E-state index in [-0.39, 0.29) is 43.5 Å². The molecular formula is C28H34N6O5. The average Bonchev–Trinajstić information content (AvgIpc) is 3.43. The van der Waals surface area contributed by atoms with E-state index in [0.29, 0.717) is 12.1 Å². The first kappa shape index (κ1) is 25.7. The zero-order valence-corrected chi connectivity index (χ0v) is 22.6. The lowest BCUT2D eigenvalue weighted by atomic mass is 9.74. The summed E-state index contributed by atoms with van der Waals surface area (Å²) in [6.45, 7) is 6.11. The number of likely N-dealkylation sites (tertiary alicyclic amines) is 1. The van der Waals surface area contributed by atoms with Gasteiger partial charge in [-0.25, -0.2) is 4.68 Å². The first-order valence-electron chi connectivity index (χ1n) is 13.4. The maximum atomic E-state index is 14.5. The number of carbonyl (C=O) groups is 3. The molecule has 1 unspecified atom stereocenters. The SMILES string of the molecule is CC(C)[C@H](CO)N1C(=O)[C@@H]2[C@@H]3C(=O)N(C)CC=C[C@]3(C)O[C@@]23C=CCN(Cn2nnc4ccccc42)C(=O)C13. The van der Waals surface area contributed by atoms with Gasteiger partial charge in [0.05, 0.1) is 35.6 Å². The van der Waals surface area contributed by atoms with Crippen LogP contribution in [0.15, 0.2) is 48.6 Å². The number of benzene rings is 1. The Kier molecular flexibility index (Phi) is 5.92. The highest BCUT2D eigenvalue weighted by Gasteiger charge is 2.75. The van der Waals surface area contributed by atoms with Crippen LogP contribution in [0.5, 0.6) is 0 Å². The molecule has 1 spiro atoms. The zero-order valence-electron chi connectivity index (χ0n) is 22.6. The number of likely N-dealkylation sites (N-methyl/N-ethyl adjacent to an activating group) is 1. The molecule has 3 amide bonds. The van der Waals surface area contributed by atoms with Crippen LogP contribution in [-0.2, 0) is 25.8 Å². The number of aromatic nitrogens is 3. The molecule has 0 radical (unpaired) electrons. The monoisotopic (exact) mass is 534 g/mol. The van der Waals surface area contributed by atoms with E-state index in [1.807, 2.05) is 69.3 Å². The van der Waals surface area contributed by atoms with Gasteiger partial charge >= 0.3 is 0 Å². The molecule has 11 heteroatoms. The second-order valence-electron chi connectivity index (χ2n) is 11.5. The Hall–Kier alpha value is -3.57. The number of nitrogens with zero attached hydrogens (tertiary/aromatic N) is 6. The standard InChI is InChI=1S/C28H34N6O5/c1-17(2)20(15-35)34-23-26(38)32(16-33-19-10-6-5-9-18(19)29-30-33)14-8-12-28(23)22(25(34)37)21-24(36)31(4)13-7-11-27(21,3)39-28/h5-12,17,20-23,35H,13-16H2,1-4H3/t20-,21+,22-,23?,27-,28-/m0/s1. The molecule has 11 nitrogen and oxygen atoms in total. The summed E-state index contributed by atoms with van der Waals surface area (Å²) in [5.74, 6) is -2.72. The number of carbonyl (C=O) groups excluding carboxylic acids is 3. The Morgan fingerprint density at radius 2 is 1.79 bits per heavy atom. The number of aliphatic hydroxyl groups is 1. The van der Waals surface area contributed by atoms with Gasteiger partial charge in [-0.15, -0.1) is 5.10 Å². The summed E-state index contributed by atoms with van der Waals surface area (Å²) < 4.78 is 8.46. The minimum absolute atomic E-state index is 0.122. The highest BCUT2D eigenvalue weighted by molar-refractivity contribution is 6.00. The van der Waals surface area contributed by atoms with Crippen LogP contribution >= 0.6 is 0 Å². The van der Waals surface area contributed by atoms with Crippen LogP contribution in [0.3, 0.4) is 0 Å². The van der Waals surface area contributed by atoms with Gasteiger partial charge in [0, 0.05) is 20.1 Å². The van der Waals surface area contributed by atoms with Crippen LogP contribution < -0.4 is 0 Å². The van der Waals surface area contributed by atoms with Crippen molar-refractivity contribution in [3.05, 3.63) is 48.6 Å². The fourth-order valence-electron chi connectivity index (χ4n) is 6.92. The topological polar surface area (TPSA) is 121 Å². The predicted molar refractivity (Wildman–Crippen MR) is 141 cm³/mol. The Morgan fingerprint density at radius 1 is 1.05 bits per heavy atom. The molecule has 5 heterocycles. The van der Waals surface area contributed by atoms with Crippen molar-refractivity contribution in [1.29, 1.82) is 0 Å². The van der Waals surface area contributed by atoms with Gasteiger partial charge in [-0.1, -0.05) is 55.5 Å². The second-order valence-corrected chi connectivity index (χ2v) is 11.5. The molecule has 39 heavy (non-hydrogen) atoms. The van der Waals surface area contributed by atoms with Crippen LogP contribution in [0.25, 0.3) is 11.0 Å². The van der Waals surface area contributed by atoms with Gasteiger partial charge < -0.3 is 24.5 Å². The molecule has 1 aromatic heterocycles. The lowest BCUT2D eigenvalue weighted by Crippen LogP contribution is -2.59. The summed E-state index contributed by atoms with van der Waals surface area (Å²) in [6, 6.07) is 5.82. The van der Waals surface area contributed by atoms with Crippen molar-refractivity contribution in [1.82, 2.24) is 29.7 Å². The quantitative estimate of drug-likeness (QED) is 0.564. The van der Waals surface area contributed by atoms with Crippen LogP contribution in [0.2, 0.25) is 0 Å². The van der Waals surface area contributed by atoms with E-state index < -0.39 is 35.1 Å². The Balaban J connectivity index is 1.47. The molecule has 0 aliphatic carbocycles. The van der Waals surface area contributed by atoms with E-state index in [4.69, 9.17) is 4.74 Å². The van der Waals surface area contributed by atoms with Gasteiger partial charge in [0.15, 0.2) is 0 Å². The van der Waals surface area contributed by atoms with Crippen molar-refractivity contribution in [3.63, 3.8) is 0 Å². The third-order valence-electron chi connectivity index (χ3n) is 8.82. The lowest BCUT2D eigenvalue weighted by Gasteiger charge is -2.41. The fraction of sp³-hybridized carbons (Fsp3) is 0.536. The third-order valence-corrected chi connectivity index (χ3v) is 8.82. The van der Waals surface area contributed by atoms with Crippen molar-refractivity contribution in [2.24, 2.45) is 17.8 Å². The molecule has 4 aliphatic rings. The molecule has 0 bridgehead atoms. The van der Waals surface area contributed by atoms with Gasteiger partial charge in [0.2, 0.25) is 11.8 Å². The molecular weight excluding hydrogens is 500 g/mol. The summed E-state index contributed by atoms with van der Waals surface area (Å²) in [7, 11) is 1.71.